The number of nitrogens with one attached hydrogen (secondary N) is 2. The van der Waals surface area contributed by atoms with Gasteiger partial charge in [0.25, 0.3) is 0 Å². The Bertz CT molecular complexity index is 561. The number of aliphatic imine (C=N–C) groups is 1. The summed E-state index contributed by atoms with van der Waals surface area (Å²) in [4.78, 5) is 4.42. The molecule has 0 radical (unpaired) electrons. The molecule has 4 N–H and O–H groups in total. The van der Waals surface area contributed by atoms with E-state index in [0.29, 0.717) is 19.0 Å². The maximum Gasteiger partial charge on any atom is 0.210 e. The van der Waals surface area contributed by atoms with E-state index in [0.717, 1.165) is 5.56 Å². The van der Waals surface area contributed by atoms with E-state index in [2.05, 4.69) is 15.6 Å². The van der Waals surface area contributed by atoms with Gasteiger partial charge in [-0.25, -0.2) is 18.5 Å². The predicted octanol–water partition coefficient (Wildman–Crippen LogP) is 0.957. The number of halogens is 1. The summed E-state index contributed by atoms with van der Waals surface area (Å²) >= 11 is 0. The molecule has 0 aliphatic carbocycles. The van der Waals surface area contributed by atoms with E-state index in [4.69, 9.17) is 5.14 Å². The quantitative estimate of drug-likeness (QED) is 0.359. The van der Waals surface area contributed by atoms with E-state index in [-0.39, 0.29) is 36.3 Å². The van der Waals surface area contributed by atoms with Gasteiger partial charge in [-0.3, -0.25) is 0 Å². The maximum atomic E-state index is 10.9. The Balaban J connectivity index is 0.00000400. The van der Waals surface area contributed by atoms with Crippen molar-refractivity contribution in [1.82, 2.24) is 10.6 Å². The number of nitrogens with two attached hydrogens (primary N) is 1. The summed E-state index contributed by atoms with van der Waals surface area (Å²) in [6.07, 6.45) is 0. The van der Waals surface area contributed by atoms with Crippen molar-refractivity contribution in [2.75, 3.05) is 18.8 Å². The number of aryl methyl sites for hydroxylation is 1. The van der Waals surface area contributed by atoms with Crippen molar-refractivity contribution in [2.45, 2.75) is 20.4 Å². The van der Waals surface area contributed by atoms with Crippen LogP contribution in [0.1, 0.15) is 18.1 Å². The molecule has 0 saturated heterocycles. The van der Waals surface area contributed by atoms with Gasteiger partial charge in [0, 0.05) is 13.1 Å². The zero-order valence-corrected chi connectivity index (χ0v) is 15.4. The maximum absolute atomic E-state index is 10.9. The molecule has 1 aromatic carbocycles. The molecule has 8 heteroatoms. The molecule has 1 aromatic rings. The predicted molar refractivity (Wildman–Crippen MR) is 97.4 cm³/mol. The molecule has 0 spiro atoms. The summed E-state index contributed by atoms with van der Waals surface area (Å²) in [7, 11) is -3.45. The van der Waals surface area contributed by atoms with Crippen LogP contribution in [-0.2, 0) is 16.6 Å². The van der Waals surface area contributed by atoms with Crippen molar-refractivity contribution in [3.8, 4) is 0 Å². The molecule has 0 aliphatic rings. The highest BCUT2D eigenvalue weighted by atomic mass is 127. The average Bonchev–Trinajstić information content (AvgIpc) is 2.36. The van der Waals surface area contributed by atoms with Crippen LogP contribution in [0.15, 0.2) is 29.3 Å². The highest BCUT2D eigenvalue weighted by molar-refractivity contribution is 14.0. The molecule has 0 aliphatic heterocycles. The summed E-state index contributed by atoms with van der Waals surface area (Å²) in [6, 6.07) is 8.01. The second-order valence-corrected chi connectivity index (χ2v) is 6.15. The second-order valence-electron chi connectivity index (χ2n) is 4.42. The van der Waals surface area contributed by atoms with E-state index in [9.17, 15) is 8.42 Å². The van der Waals surface area contributed by atoms with E-state index in [1.165, 1.54) is 5.56 Å². The Kier molecular flexibility index (Phi) is 9.54. The lowest BCUT2D eigenvalue weighted by atomic mass is 10.1. The van der Waals surface area contributed by atoms with Crippen LogP contribution in [-0.4, -0.2) is 33.2 Å². The van der Waals surface area contributed by atoms with Crippen molar-refractivity contribution in [2.24, 2.45) is 10.1 Å². The number of hydrogen-bond donors (Lipinski definition) is 3. The SMILES string of the molecule is CCNC(=NCc1ccccc1C)NCCS(N)(=O)=O.I. The summed E-state index contributed by atoms with van der Waals surface area (Å²) in [6.45, 7) is 5.46. The van der Waals surface area contributed by atoms with Gasteiger partial charge in [-0.1, -0.05) is 24.3 Å². The van der Waals surface area contributed by atoms with Gasteiger partial charge in [0.05, 0.1) is 12.3 Å². The molecule has 6 nitrogen and oxygen atoms in total. The molecule has 0 fully saturated rings. The smallest absolute Gasteiger partial charge is 0.210 e. The van der Waals surface area contributed by atoms with Crippen LogP contribution in [0.5, 0.6) is 0 Å². The lowest BCUT2D eigenvalue weighted by Crippen LogP contribution is -2.40. The highest BCUT2D eigenvalue weighted by Crippen LogP contribution is 2.07. The minimum absolute atomic E-state index is 0. The van der Waals surface area contributed by atoms with Crippen molar-refractivity contribution in [1.29, 1.82) is 0 Å². The largest absolute Gasteiger partial charge is 0.357 e. The number of nitrogens with zero attached hydrogens (tertiary/aromatic N) is 1. The fourth-order valence-electron chi connectivity index (χ4n) is 1.61. The zero-order chi connectivity index (χ0) is 15.0. The Hall–Kier alpha value is -0.870. The third-order valence-electron chi connectivity index (χ3n) is 2.69. The molecule has 0 unspecified atom stereocenters. The highest BCUT2D eigenvalue weighted by Gasteiger charge is 2.03. The standard InChI is InChI=1S/C13H22N4O2S.HI/c1-3-15-13(16-8-9-20(14,18)19)17-10-12-7-5-4-6-11(12)2;/h4-7H,3,8-10H2,1-2H3,(H2,14,18,19)(H2,15,16,17);1H. The van der Waals surface area contributed by atoms with Gasteiger partial charge in [0.1, 0.15) is 0 Å². The molecule has 1 rings (SSSR count). The van der Waals surface area contributed by atoms with Gasteiger partial charge in [-0.2, -0.15) is 0 Å². The van der Waals surface area contributed by atoms with Crippen LogP contribution in [0.2, 0.25) is 0 Å². The lowest BCUT2D eigenvalue weighted by molar-refractivity contribution is 0.596. The van der Waals surface area contributed by atoms with E-state index in [1.807, 2.05) is 38.1 Å². The Morgan fingerprint density at radius 1 is 1.29 bits per heavy atom. The van der Waals surface area contributed by atoms with Gasteiger partial charge in [0.15, 0.2) is 5.96 Å². The van der Waals surface area contributed by atoms with Crippen molar-refractivity contribution in [3.63, 3.8) is 0 Å². The molecule has 0 heterocycles. The summed E-state index contributed by atoms with van der Waals surface area (Å²) in [5.41, 5.74) is 2.31. The first-order chi connectivity index (χ1) is 9.42. The third kappa shape index (κ3) is 8.89. The summed E-state index contributed by atoms with van der Waals surface area (Å²) in [5.74, 6) is 0.460. The van der Waals surface area contributed by atoms with Gasteiger partial charge in [-0.15, -0.1) is 24.0 Å². The minimum Gasteiger partial charge on any atom is -0.357 e. The Morgan fingerprint density at radius 3 is 2.52 bits per heavy atom. The molecule has 0 atom stereocenters. The fourth-order valence-corrected chi connectivity index (χ4v) is 1.99. The molecule has 0 amide bonds. The minimum atomic E-state index is -3.45. The molecular weight excluding hydrogens is 403 g/mol. The van der Waals surface area contributed by atoms with Gasteiger partial charge < -0.3 is 10.6 Å². The molecule has 21 heavy (non-hydrogen) atoms. The van der Waals surface area contributed by atoms with Gasteiger partial charge in [0.2, 0.25) is 10.0 Å². The number of rotatable bonds is 6. The third-order valence-corrected chi connectivity index (χ3v) is 3.47. The first-order valence-electron chi connectivity index (χ1n) is 6.49. The van der Waals surface area contributed by atoms with Crippen LogP contribution in [0.3, 0.4) is 0 Å². The molecule has 120 valence electrons. The monoisotopic (exact) mass is 426 g/mol. The number of hydrogen-bond acceptors (Lipinski definition) is 3. The van der Waals surface area contributed by atoms with Crippen molar-refractivity contribution >= 4 is 40.0 Å². The first kappa shape index (κ1) is 20.1. The van der Waals surface area contributed by atoms with E-state index < -0.39 is 10.0 Å². The molecule has 0 bridgehead atoms. The van der Waals surface area contributed by atoms with Crippen LogP contribution in [0.25, 0.3) is 0 Å². The number of primary sulfonamides is 1. The summed E-state index contributed by atoms with van der Waals surface area (Å²) < 4.78 is 21.7. The number of sulfonamides is 1. The van der Waals surface area contributed by atoms with Gasteiger partial charge >= 0.3 is 0 Å². The Labute approximate surface area is 143 Å². The van der Waals surface area contributed by atoms with Crippen LogP contribution < -0.4 is 15.8 Å². The second kappa shape index (κ2) is 9.96. The molecule has 0 saturated carbocycles. The molecular formula is C13H23IN4O2S. The van der Waals surface area contributed by atoms with E-state index in [1.54, 1.807) is 0 Å². The summed E-state index contributed by atoms with van der Waals surface area (Å²) in [5, 5.41) is 11.0. The average molecular weight is 426 g/mol. The lowest BCUT2D eigenvalue weighted by Gasteiger charge is -2.11. The van der Waals surface area contributed by atoms with Crippen molar-refractivity contribution in [3.05, 3.63) is 35.4 Å². The fraction of sp³-hybridized carbons (Fsp3) is 0.462. The normalized spacial score (nSPS) is 11.7. The van der Waals surface area contributed by atoms with Gasteiger partial charge in [-0.05, 0) is 25.0 Å². The Morgan fingerprint density at radius 2 is 1.95 bits per heavy atom. The topological polar surface area (TPSA) is 96.6 Å². The van der Waals surface area contributed by atoms with Crippen molar-refractivity contribution < 1.29 is 8.42 Å². The first-order valence-corrected chi connectivity index (χ1v) is 8.21. The number of benzene rings is 1. The van der Waals surface area contributed by atoms with E-state index >= 15 is 0 Å². The van der Waals surface area contributed by atoms with Crippen LogP contribution in [0, 0.1) is 6.92 Å². The molecule has 0 aromatic heterocycles. The number of guanidine groups is 1. The van der Waals surface area contributed by atoms with Crippen LogP contribution >= 0.6 is 24.0 Å². The van der Waals surface area contributed by atoms with Crippen LogP contribution in [0.4, 0.5) is 0 Å². The zero-order valence-electron chi connectivity index (χ0n) is 12.3.